The molecule has 7 heteroatoms. The first-order valence-corrected chi connectivity index (χ1v) is 10.8. The highest BCUT2D eigenvalue weighted by Crippen LogP contribution is 2.30. The van der Waals surface area contributed by atoms with Crippen molar-refractivity contribution in [3.63, 3.8) is 0 Å². The molecule has 2 fully saturated rings. The number of hydrogen-bond acceptors (Lipinski definition) is 4. The van der Waals surface area contributed by atoms with Crippen LogP contribution in [0.1, 0.15) is 25.7 Å². The first-order valence-electron chi connectivity index (χ1n) is 9.78. The molecule has 0 amide bonds. The third-order valence-electron chi connectivity index (χ3n) is 5.42. The van der Waals surface area contributed by atoms with E-state index < -0.39 is 0 Å². The molecule has 0 aromatic heterocycles. The van der Waals surface area contributed by atoms with Crippen molar-refractivity contribution in [3.05, 3.63) is 30.3 Å². The number of guanidine groups is 1. The van der Waals surface area contributed by atoms with Crippen molar-refractivity contribution in [1.82, 2.24) is 15.5 Å². The van der Waals surface area contributed by atoms with E-state index in [2.05, 4.69) is 50.9 Å². The third-order valence-corrected chi connectivity index (χ3v) is 6.43. The lowest BCUT2D eigenvalue weighted by molar-refractivity contribution is -0.0164. The van der Waals surface area contributed by atoms with E-state index in [4.69, 9.17) is 4.74 Å². The molecule has 0 atom stereocenters. The highest BCUT2D eigenvalue weighted by molar-refractivity contribution is 14.0. The van der Waals surface area contributed by atoms with Crippen LogP contribution in [0.3, 0.4) is 0 Å². The van der Waals surface area contributed by atoms with Crippen LogP contribution in [-0.2, 0) is 4.74 Å². The van der Waals surface area contributed by atoms with Crippen molar-refractivity contribution in [2.45, 2.75) is 36.1 Å². The van der Waals surface area contributed by atoms with Gasteiger partial charge in [-0.1, -0.05) is 18.2 Å². The van der Waals surface area contributed by atoms with Gasteiger partial charge < -0.3 is 15.4 Å². The molecule has 0 bridgehead atoms. The normalized spacial score (nSPS) is 20.1. The van der Waals surface area contributed by atoms with Crippen LogP contribution >= 0.6 is 35.7 Å². The number of likely N-dealkylation sites (tertiary alicyclic amines) is 1. The van der Waals surface area contributed by atoms with Crippen molar-refractivity contribution < 1.29 is 4.74 Å². The molecular formula is C20H33IN4OS. The fourth-order valence-electron chi connectivity index (χ4n) is 3.87. The number of hydrogen-bond donors (Lipinski definition) is 2. The topological polar surface area (TPSA) is 48.9 Å². The highest BCUT2D eigenvalue weighted by Gasteiger charge is 2.39. The molecule has 2 heterocycles. The van der Waals surface area contributed by atoms with Gasteiger partial charge in [0.15, 0.2) is 5.96 Å². The first-order chi connectivity index (χ1) is 12.8. The van der Waals surface area contributed by atoms with Gasteiger partial charge in [0.2, 0.25) is 0 Å². The van der Waals surface area contributed by atoms with Crippen LogP contribution in [-0.4, -0.2) is 68.6 Å². The van der Waals surface area contributed by atoms with E-state index in [-0.39, 0.29) is 29.5 Å². The summed E-state index contributed by atoms with van der Waals surface area (Å²) in [7, 11) is 1.85. The Bertz CT molecular complexity index is 560. The van der Waals surface area contributed by atoms with Gasteiger partial charge in [-0.2, -0.15) is 0 Å². The van der Waals surface area contributed by atoms with Crippen LogP contribution in [0.25, 0.3) is 0 Å². The SMILES string of the molecule is CN=C(NCCSc1ccccc1)NCC1(N2CCCC2)CCOCC1.I. The molecule has 0 unspecified atom stereocenters. The number of ether oxygens (including phenoxy) is 1. The molecule has 2 N–H and O–H groups in total. The van der Waals surface area contributed by atoms with Crippen LogP contribution < -0.4 is 10.6 Å². The summed E-state index contributed by atoms with van der Waals surface area (Å²) in [5, 5.41) is 7.04. The number of benzene rings is 1. The summed E-state index contributed by atoms with van der Waals surface area (Å²) >= 11 is 1.87. The summed E-state index contributed by atoms with van der Waals surface area (Å²) in [6.45, 7) is 6.04. The van der Waals surface area contributed by atoms with E-state index in [1.54, 1.807) is 0 Å². The average molecular weight is 504 g/mol. The Hall–Kier alpha value is -0.510. The number of thioether (sulfide) groups is 1. The highest BCUT2D eigenvalue weighted by atomic mass is 127. The van der Waals surface area contributed by atoms with E-state index >= 15 is 0 Å². The van der Waals surface area contributed by atoms with Gasteiger partial charge >= 0.3 is 0 Å². The molecule has 0 aliphatic carbocycles. The molecule has 27 heavy (non-hydrogen) atoms. The van der Waals surface area contributed by atoms with Gasteiger partial charge in [0.25, 0.3) is 0 Å². The van der Waals surface area contributed by atoms with Crippen LogP contribution in [0.15, 0.2) is 40.2 Å². The predicted molar refractivity (Wildman–Crippen MR) is 126 cm³/mol. The minimum atomic E-state index is 0. The molecule has 0 spiro atoms. The summed E-state index contributed by atoms with van der Waals surface area (Å²) in [5.41, 5.74) is 0.227. The number of halogens is 1. The predicted octanol–water partition coefficient (Wildman–Crippen LogP) is 3.21. The Morgan fingerprint density at radius 3 is 2.52 bits per heavy atom. The fraction of sp³-hybridized carbons (Fsp3) is 0.650. The van der Waals surface area contributed by atoms with Crippen molar-refractivity contribution in [2.75, 3.05) is 52.2 Å². The monoisotopic (exact) mass is 504 g/mol. The number of aliphatic imine (C=N–C) groups is 1. The van der Waals surface area contributed by atoms with Crippen molar-refractivity contribution in [1.29, 1.82) is 0 Å². The number of nitrogens with zero attached hydrogens (tertiary/aromatic N) is 2. The number of nitrogens with one attached hydrogen (secondary N) is 2. The van der Waals surface area contributed by atoms with Gasteiger partial charge in [-0.25, -0.2) is 0 Å². The third kappa shape index (κ3) is 6.80. The molecule has 2 aliphatic rings. The molecular weight excluding hydrogens is 471 g/mol. The van der Waals surface area contributed by atoms with E-state index in [1.807, 2.05) is 18.8 Å². The summed E-state index contributed by atoms with van der Waals surface area (Å²) < 4.78 is 5.64. The Kier molecular flexibility index (Phi) is 10.2. The van der Waals surface area contributed by atoms with Gasteiger partial charge in [0.1, 0.15) is 0 Å². The van der Waals surface area contributed by atoms with Crippen molar-refractivity contribution >= 4 is 41.7 Å². The van der Waals surface area contributed by atoms with E-state index in [0.717, 1.165) is 50.9 Å². The largest absolute Gasteiger partial charge is 0.381 e. The van der Waals surface area contributed by atoms with E-state index in [9.17, 15) is 0 Å². The zero-order valence-electron chi connectivity index (χ0n) is 16.3. The standard InChI is InChI=1S/C20H32N4OS.HI/c1-21-19(22-11-16-26-18-7-3-2-4-8-18)23-17-20(9-14-25-15-10-20)24-12-5-6-13-24;/h2-4,7-8H,5-6,9-17H2,1H3,(H2,21,22,23);1H. The number of rotatable bonds is 7. The molecule has 3 rings (SSSR count). The Morgan fingerprint density at radius 2 is 1.85 bits per heavy atom. The lowest BCUT2D eigenvalue weighted by atomic mass is 9.88. The molecule has 2 aliphatic heterocycles. The second-order valence-electron chi connectivity index (χ2n) is 7.04. The lowest BCUT2D eigenvalue weighted by Gasteiger charge is -2.45. The summed E-state index contributed by atoms with van der Waals surface area (Å²) in [6, 6.07) is 10.5. The summed E-state index contributed by atoms with van der Waals surface area (Å²) in [5.74, 6) is 1.93. The van der Waals surface area contributed by atoms with Gasteiger partial charge in [0.05, 0.1) is 0 Å². The van der Waals surface area contributed by atoms with Crippen LogP contribution in [0.2, 0.25) is 0 Å². The van der Waals surface area contributed by atoms with E-state index in [1.165, 1.54) is 30.8 Å². The zero-order chi connectivity index (χ0) is 18.1. The van der Waals surface area contributed by atoms with Crippen LogP contribution in [0.4, 0.5) is 0 Å². The minimum Gasteiger partial charge on any atom is -0.381 e. The molecule has 0 radical (unpaired) electrons. The maximum atomic E-state index is 5.64. The first kappa shape index (κ1) is 22.8. The van der Waals surface area contributed by atoms with Gasteiger partial charge in [-0.15, -0.1) is 35.7 Å². The second-order valence-corrected chi connectivity index (χ2v) is 8.21. The van der Waals surface area contributed by atoms with Gasteiger partial charge in [-0.05, 0) is 50.9 Å². The fourth-order valence-corrected chi connectivity index (χ4v) is 4.66. The van der Waals surface area contributed by atoms with Gasteiger partial charge in [0, 0.05) is 49.5 Å². The van der Waals surface area contributed by atoms with Crippen LogP contribution in [0, 0.1) is 0 Å². The van der Waals surface area contributed by atoms with Crippen LogP contribution in [0.5, 0.6) is 0 Å². The summed E-state index contributed by atoms with van der Waals surface area (Å²) in [6.07, 6.45) is 4.88. The quantitative estimate of drug-likeness (QED) is 0.196. The molecule has 5 nitrogen and oxygen atoms in total. The smallest absolute Gasteiger partial charge is 0.191 e. The maximum absolute atomic E-state index is 5.64. The van der Waals surface area contributed by atoms with Crippen molar-refractivity contribution in [2.24, 2.45) is 4.99 Å². The van der Waals surface area contributed by atoms with Gasteiger partial charge in [-0.3, -0.25) is 9.89 Å². The molecule has 152 valence electrons. The Labute approximate surface area is 185 Å². The maximum Gasteiger partial charge on any atom is 0.191 e. The zero-order valence-corrected chi connectivity index (χ0v) is 19.4. The Balaban J connectivity index is 0.00000261. The molecule has 1 aromatic carbocycles. The molecule has 2 saturated heterocycles. The minimum absolute atomic E-state index is 0. The van der Waals surface area contributed by atoms with E-state index in [0.29, 0.717) is 0 Å². The average Bonchev–Trinajstić information content (AvgIpc) is 3.24. The summed E-state index contributed by atoms with van der Waals surface area (Å²) in [4.78, 5) is 8.40. The Morgan fingerprint density at radius 1 is 1.15 bits per heavy atom. The lowest BCUT2D eigenvalue weighted by Crippen LogP contribution is -2.58. The second kappa shape index (κ2) is 12.1. The molecule has 0 saturated carbocycles. The molecule has 1 aromatic rings. The van der Waals surface area contributed by atoms with Crippen molar-refractivity contribution in [3.8, 4) is 0 Å².